The molecule has 5 heteroatoms. The molecule has 21 heavy (non-hydrogen) atoms. The summed E-state index contributed by atoms with van der Waals surface area (Å²) in [5, 5.41) is 0. The van der Waals surface area contributed by atoms with Gasteiger partial charge in [0.15, 0.2) is 0 Å². The maximum atomic E-state index is 12.6. The molecule has 2 aliphatic heterocycles. The average Bonchev–Trinajstić information content (AvgIpc) is 2.55. The van der Waals surface area contributed by atoms with Crippen molar-refractivity contribution in [3.8, 4) is 0 Å². The third-order valence-corrected chi connectivity index (χ3v) is 4.39. The van der Waals surface area contributed by atoms with Crippen molar-refractivity contribution in [1.82, 2.24) is 4.90 Å². The van der Waals surface area contributed by atoms with Crippen LogP contribution in [0.25, 0.3) is 0 Å². The van der Waals surface area contributed by atoms with Gasteiger partial charge in [0.2, 0.25) is 5.91 Å². The summed E-state index contributed by atoms with van der Waals surface area (Å²) in [6, 6.07) is 8.93. The molecule has 5 nitrogen and oxygen atoms in total. The number of hydrogen-bond donors (Lipinski definition) is 1. The fourth-order valence-electron chi connectivity index (χ4n) is 3.08. The van der Waals surface area contributed by atoms with Crippen LogP contribution < -0.4 is 5.73 Å². The summed E-state index contributed by atoms with van der Waals surface area (Å²) in [4.78, 5) is 14.5. The molecule has 2 heterocycles. The van der Waals surface area contributed by atoms with Crippen molar-refractivity contribution in [2.45, 2.75) is 24.5 Å². The molecule has 3 rings (SSSR count). The van der Waals surface area contributed by atoms with Crippen molar-refractivity contribution in [2.75, 3.05) is 32.9 Å². The number of amides is 1. The summed E-state index contributed by atoms with van der Waals surface area (Å²) in [6.07, 6.45) is 1.69. The van der Waals surface area contributed by atoms with E-state index in [9.17, 15) is 4.79 Å². The molecule has 0 bridgehead atoms. The lowest BCUT2D eigenvalue weighted by Crippen LogP contribution is -2.57. The van der Waals surface area contributed by atoms with Gasteiger partial charge in [0.25, 0.3) is 0 Å². The van der Waals surface area contributed by atoms with Crippen LogP contribution in [0.2, 0.25) is 0 Å². The van der Waals surface area contributed by atoms with Crippen LogP contribution in [0, 0.1) is 0 Å². The van der Waals surface area contributed by atoms with E-state index >= 15 is 0 Å². The summed E-state index contributed by atoms with van der Waals surface area (Å²) >= 11 is 0. The number of carbonyl (C=O) groups excluding carboxylic acids is 1. The minimum atomic E-state index is -0.596. The van der Waals surface area contributed by atoms with Gasteiger partial charge in [-0.3, -0.25) is 4.79 Å². The van der Waals surface area contributed by atoms with E-state index in [-0.39, 0.29) is 11.5 Å². The Labute approximate surface area is 125 Å². The van der Waals surface area contributed by atoms with E-state index in [1.54, 1.807) is 0 Å². The summed E-state index contributed by atoms with van der Waals surface area (Å²) in [5.41, 5.74) is 6.75. The molecule has 0 aliphatic carbocycles. The van der Waals surface area contributed by atoms with E-state index in [4.69, 9.17) is 15.2 Å². The van der Waals surface area contributed by atoms with Crippen molar-refractivity contribution >= 4 is 5.91 Å². The Morgan fingerprint density at radius 3 is 2.62 bits per heavy atom. The number of nitrogens with two attached hydrogens (primary N) is 1. The molecule has 0 radical (unpaired) electrons. The van der Waals surface area contributed by atoms with E-state index in [1.807, 2.05) is 35.2 Å². The van der Waals surface area contributed by atoms with Gasteiger partial charge >= 0.3 is 0 Å². The monoisotopic (exact) mass is 290 g/mol. The first-order chi connectivity index (χ1) is 10.2. The van der Waals surface area contributed by atoms with E-state index in [2.05, 4.69) is 0 Å². The number of ether oxygens (including phenoxy) is 2. The number of hydrogen-bond acceptors (Lipinski definition) is 4. The van der Waals surface area contributed by atoms with Crippen molar-refractivity contribution < 1.29 is 14.3 Å². The molecule has 1 spiro atoms. The molecule has 1 aromatic rings. The van der Waals surface area contributed by atoms with Crippen LogP contribution in [0.15, 0.2) is 30.3 Å². The second kappa shape index (κ2) is 6.13. The zero-order valence-corrected chi connectivity index (χ0v) is 12.2. The van der Waals surface area contributed by atoms with Crippen LogP contribution in [-0.2, 0) is 14.3 Å². The van der Waals surface area contributed by atoms with E-state index in [0.717, 1.165) is 18.4 Å². The molecule has 0 aromatic heterocycles. The summed E-state index contributed by atoms with van der Waals surface area (Å²) in [7, 11) is 0. The Morgan fingerprint density at radius 1 is 1.19 bits per heavy atom. The lowest BCUT2D eigenvalue weighted by Gasteiger charge is -2.45. The SMILES string of the molecule is N[C@@H](C(=O)N1CCOC2(CCOCC2)C1)c1ccccc1. The Hall–Kier alpha value is -1.43. The molecule has 0 saturated carbocycles. The van der Waals surface area contributed by atoms with Crippen LogP contribution in [0.4, 0.5) is 0 Å². The molecule has 2 fully saturated rings. The topological polar surface area (TPSA) is 64.8 Å². The quantitative estimate of drug-likeness (QED) is 0.885. The first-order valence-corrected chi connectivity index (χ1v) is 7.51. The highest BCUT2D eigenvalue weighted by Crippen LogP contribution is 2.30. The van der Waals surface area contributed by atoms with Gasteiger partial charge in [0.05, 0.1) is 12.2 Å². The molecule has 1 atom stereocenters. The highest BCUT2D eigenvalue weighted by atomic mass is 16.5. The molecular formula is C16H22N2O3. The molecule has 2 aliphatic rings. The first-order valence-electron chi connectivity index (χ1n) is 7.51. The van der Waals surface area contributed by atoms with Gasteiger partial charge in [-0.2, -0.15) is 0 Å². The smallest absolute Gasteiger partial charge is 0.244 e. The van der Waals surface area contributed by atoms with Gasteiger partial charge in [0.1, 0.15) is 6.04 Å². The lowest BCUT2D eigenvalue weighted by molar-refractivity contribution is -0.168. The Balaban J connectivity index is 1.69. The molecule has 2 N–H and O–H groups in total. The Kier molecular flexibility index (Phi) is 4.24. The average molecular weight is 290 g/mol. The molecular weight excluding hydrogens is 268 g/mol. The minimum Gasteiger partial charge on any atom is -0.381 e. The van der Waals surface area contributed by atoms with Crippen molar-refractivity contribution in [2.24, 2.45) is 5.73 Å². The zero-order valence-electron chi connectivity index (χ0n) is 12.2. The standard InChI is InChI=1S/C16H22N2O3/c17-14(13-4-2-1-3-5-13)15(19)18-8-11-21-16(12-18)6-9-20-10-7-16/h1-5,14H,6-12,17H2/t14-/m1/s1. The third-order valence-electron chi connectivity index (χ3n) is 4.39. The predicted molar refractivity (Wildman–Crippen MR) is 78.7 cm³/mol. The minimum absolute atomic E-state index is 0.0182. The second-order valence-corrected chi connectivity index (χ2v) is 5.79. The highest BCUT2D eigenvalue weighted by Gasteiger charge is 2.40. The van der Waals surface area contributed by atoms with Gasteiger partial charge in [-0.05, 0) is 5.56 Å². The van der Waals surface area contributed by atoms with Gasteiger partial charge in [-0.25, -0.2) is 0 Å². The number of nitrogens with zero attached hydrogens (tertiary/aromatic N) is 1. The maximum Gasteiger partial charge on any atom is 0.244 e. The normalized spacial score (nSPS) is 23.0. The van der Waals surface area contributed by atoms with Gasteiger partial charge in [0, 0.05) is 39.1 Å². The molecule has 2 saturated heterocycles. The van der Waals surface area contributed by atoms with Gasteiger partial charge < -0.3 is 20.1 Å². The number of carbonyl (C=O) groups is 1. The third kappa shape index (κ3) is 3.10. The van der Waals surface area contributed by atoms with Crippen LogP contribution in [0.3, 0.4) is 0 Å². The zero-order chi connectivity index (χ0) is 14.7. The van der Waals surface area contributed by atoms with Gasteiger partial charge in [-0.15, -0.1) is 0 Å². The van der Waals surface area contributed by atoms with Crippen molar-refractivity contribution in [3.63, 3.8) is 0 Å². The number of rotatable bonds is 2. The highest BCUT2D eigenvalue weighted by molar-refractivity contribution is 5.83. The molecule has 1 amide bonds. The predicted octanol–water partition coefficient (Wildman–Crippen LogP) is 1.09. The number of benzene rings is 1. The number of morpholine rings is 1. The van der Waals surface area contributed by atoms with E-state index in [1.165, 1.54) is 0 Å². The largest absolute Gasteiger partial charge is 0.381 e. The lowest BCUT2D eigenvalue weighted by atomic mass is 9.91. The second-order valence-electron chi connectivity index (χ2n) is 5.79. The van der Waals surface area contributed by atoms with Crippen LogP contribution in [0.1, 0.15) is 24.4 Å². The molecule has 114 valence electrons. The van der Waals surface area contributed by atoms with Gasteiger partial charge in [-0.1, -0.05) is 30.3 Å². The Morgan fingerprint density at radius 2 is 1.90 bits per heavy atom. The molecule has 0 unspecified atom stereocenters. The van der Waals surface area contributed by atoms with Crippen LogP contribution in [-0.4, -0.2) is 49.3 Å². The maximum absolute atomic E-state index is 12.6. The van der Waals surface area contributed by atoms with E-state index < -0.39 is 6.04 Å². The summed E-state index contributed by atoms with van der Waals surface area (Å²) < 4.78 is 11.4. The summed E-state index contributed by atoms with van der Waals surface area (Å²) in [5.74, 6) is -0.0182. The van der Waals surface area contributed by atoms with Crippen molar-refractivity contribution in [3.05, 3.63) is 35.9 Å². The fourth-order valence-corrected chi connectivity index (χ4v) is 3.08. The van der Waals surface area contributed by atoms with Crippen LogP contribution in [0.5, 0.6) is 0 Å². The first kappa shape index (κ1) is 14.5. The fraction of sp³-hybridized carbons (Fsp3) is 0.562. The van der Waals surface area contributed by atoms with Crippen LogP contribution >= 0.6 is 0 Å². The van der Waals surface area contributed by atoms with E-state index in [0.29, 0.717) is 32.9 Å². The Bertz CT molecular complexity index is 480. The van der Waals surface area contributed by atoms with Crippen molar-refractivity contribution in [1.29, 1.82) is 0 Å². The molecule has 1 aromatic carbocycles. The summed E-state index contributed by atoms with van der Waals surface area (Å²) in [6.45, 7) is 3.21.